The molecule has 0 spiro atoms. The van der Waals surface area contributed by atoms with Gasteiger partial charge in [-0.3, -0.25) is 4.55 Å². The number of hydrogen-bond donors (Lipinski definition) is 1. The molecule has 0 radical (unpaired) electrons. The summed E-state index contributed by atoms with van der Waals surface area (Å²) >= 11 is 0. The van der Waals surface area contributed by atoms with Gasteiger partial charge in [-0.25, -0.2) is 0 Å². The van der Waals surface area contributed by atoms with Gasteiger partial charge in [-0.2, -0.15) is 18.9 Å². The molecule has 0 aliphatic heterocycles. The SMILES string of the molecule is N#Cc1ccc(S(=O)(=O)O)cc1C#N.[H-].[K+]. The number of nitriles is 2. The minimum Gasteiger partial charge on any atom is -1.00 e. The molecule has 0 heterocycles. The number of benzene rings is 1. The Morgan fingerprint density at radius 3 is 2.13 bits per heavy atom. The zero-order valence-corrected chi connectivity index (χ0v) is 11.7. The zero-order valence-electron chi connectivity index (χ0n) is 8.80. The Morgan fingerprint density at radius 1 is 1.20 bits per heavy atom. The molecular formula is C8H5KN2O3S. The predicted molar refractivity (Wildman–Crippen MR) is 46.8 cm³/mol. The van der Waals surface area contributed by atoms with Gasteiger partial charge in [0.2, 0.25) is 0 Å². The third-order valence-electron chi connectivity index (χ3n) is 1.53. The molecule has 7 heteroatoms. The molecule has 0 unspecified atom stereocenters. The van der Waals surface area contributed by atoms with Crippen LogP contribution in [0.3, 0.4) is 0 Å². The topological polar surface area (TPSA) is 102 Å². The van der Waals surface area contributed by atoms with Crippen LogP contribution < -0.4 is 51.4 Å². The van der Waals surface area contributed by atoms with Gasteiger partial charge in [0.1, 0.15) is 12.1 Å². The van der Waals surface area contributed by atoms with Gasteiger partial charge in [0.25, 0.3) is 10.1 Å². The molecule has 0 aliphatic rings. The molecule has 1 aromatic rings. The van der Waals surface area contributed by atoms with E-state index in [1.54, 1.807) is 12.1 Å². The van der Waals surface area contributed by atoms with E-state index in [2.05, 4.69) is 0 Å². The van der Waals surface area contributed by atoms with Gasteiger partial charge >= 0.3 is 51.4 Å². The van der Waals surface area contributed by atoms with Gasteiger partial charge < -0.3 is 1.43 Å². The Kier molecular flexibility index (Phi) is 5.63. The first-order chi connectivity index (χ1) is 6.49. The van der Waals surface area contributed by atoms with Crippen LogP contribution in [-0.4, -0.2) is 13.0 Å². The molecule has 72 valence electrons. The van der Waals surface area contributed by atoms with E-state index in [4.69, 9.17) is 15.1 Å². The molecule has 5 nitrogen and oxygen atoms in total. The Labute approximate surface area is 131 Å². The molecule has 15 heavy (non-hydrogen) atoms. The van der Waals surface area contributed by atoms with Crippen molar-refractivity contribution in [1.29, 1.82) is 10.5 Å². The quantitative estimate of drug-likeness (QED) is 0.448. The van der Waals surface area contributed by atoms with Crippen LogP contribution in [0.2, 0.25) is 0 Å². The third kappa shape index (κ3) is 3.67. The summed E-state index contributed by atoms with van der Waals surface area (Å²) in [6.45, 7) is 0. The summed E-state index contributed by atoms with van der Waals surface area (Å²) in [5.74, 6) is 0. The van der Waals surface area contributed by atoms with Crippen LogP contribution in [0.5, 0.6) is 0 Å². The molecule has 1 rings (SSSR count). The second-order valence-electron chi connectivity index (χ2n) is 2.41. The van der Waals surface area contributed by atoms with Crippen molar-refractivity contribution < 1.29 is 65.8 Å². The molecule has 0 aliphatic carbocycles. The van der Waals surface area contributed by atoms with Crippen molar-refractivity contribution >= 4 is 10.1 Å². The maximum atomic E-state index is 10.7. The van der Waals surface area contributed by atoms with Gasteiger partial charge in [-0.05, 0) is 18.2 Å². The normalized spacial score (nSPS) is 9.53. The van der Waals surface area contributed by atoms with E-state index in [1.165, 1.54) is 6.07 Å². The maximum Gasteiger partial charge on any atom is 1.00 e. The average molecular weight is 248 g/mol. The van der Waals surface area contributed by atoms with Crippen LogP contribution >= 0.6 is 0 Å². The summed E-state index contributed by atoms with van der Waals surface area (Å²) < 4.78 is 30.0. The van der Waals surface area contributed by atoms with Crippen LogP contribution in [-0.2, 0) is 10.1 Å². The summed E-state index contributed by atoms with van der Waals surface area (Å²) in [5.41, 5.74) is -0.0116. The first-order valence-corrected chi connectivity index (χ1v) is 4.85. The Balaban J connectivity index is 0. The van der Waals surface area contributed by atoms with Crippen LogP contribution in [0.25, 0.3) is 0 Å². The monoisotopic (exact) mass is 248 g/mol. The van der Waals surface area contributed by atoms with Gasteiger partial charge in [0.05, 0.1) is 16.0 Å². The van der Waals surface area contributed by atoms with Crippen molar-refractivity contribution in [2.24, 2.45) is 0 Å². The summed E-state index contributed by atoms with van der Waals surface area (Å²) in [6.07, 6.45) is 0. The Bertz CT molecular complexity index is 560. The van der Waals surface area contributed by atoms with E-state index in [1.807, 2.05) is 0 Å². The average Bonchev–Trinajstić information content (AvgIpc) is 2.15. The van der Waals surface area contributed by atoms with E-state index < -0.39 is 15.0 Å². The van der Waals surface area contributed by atoms with E-state index >= 15 is 0 Å². The summed E-state index contributed by atoms with van der Waals surface area (Å²) in [7, 11) is -4.32. The van der Waals surface area contributed by atoms with E-state index in [9.17, 15) is 8.42 Å². The van der Waals surface area contributed by atoms with Crippen molar-refractivity contribution in [3.05, 3.63) is 29.3 Å². The van der Waals surface area contributed by atoms with Crippen molar-refractivity contribution in [2.45, 2.75) is 4.90 Å². The zero-order chi connectivity index (χ0) is 10.8. The van der Waals surface area contributed by atoms with Gasteiger partial charge in [0, 0.05) is 0 Å². The standard InChI is InChI=1S/C8H4N2O3S.K.H/c9-4-6-1-2-8(14(11,12)13)3-7(6)5-10;;/h1-3H,(H,11,12,13);;/q;+1;-1. The van der Waals surface area contributed by atoms with Crippen LogP contribution in [0.15, 0.2) is 23.1 Å². The molecule has 0 bridgehead atoms. The second kappa shape index (κ2) is 5.73. The van der Waals surface area contributed by atoms with Crippen molar-refractivity contribution in [3.63, 3.8) is 0 Å². The fourth-order valence-electron chi connectivity index (χ4n) is 0.874. The van der Waals surface area contributed by atoms with E-state index in [0.29, 0.717) is 0 Å². The molecule has 1 N–H and O–H groups in total. The fraction of sp³-hybridized carbons (Fsp3) is 0. The minimum atomic E-state index is -4.32. The molecule has 0 saturated heterocycles. The molecule has 0 atom stereocenters. The maximum absolute atomic E-state index is 10.7. The second-order valence-corrected chi connectivity index (χ2v) is 3.83. The van der Waals surface area contributed by atoms with Crippen LogP contribution in [0, 0.1) is 22.7 Å². The summed E-state index contributed by atoms with van der Waals surface area (Å²) in [5, 5.41) is 17.1. The first-order valence-electron chi connectivity index (χ1n) is 3.41. The largest absolute Gasteiger partial charge is 1.00 e. The Hall–Kier alpha value is -0.254. The molecular weight excluding hydrogens is 243 g/mol. The van der Waals surface area contributed by atoms with E-state index in [-0.39, 0.29) is 63.9 Å². The van der Waals surface area contributed by atoms with Crippen molar-refractivity contribution in [1.82, 2.24) is 0 Å². The fourth-order valence-corrected chi connectivity index (χ4v) is 1.38. The minimum absolute atomic E-state index is 0. The predicted octanol–water partition coefficient (Wildman–Crippen LogP) is -2.21. The van der Waals surface area contributed by atoms with Gasteiger partial charge in [0.15, 0.2) is 0 Å². The molecule has 0 amide bonds. The number of rotatable bonds is 1. The summed E-state index contributed by atoms with van der Waals surface area (Å²) in [6, 6.07) is 6.57. The van der Waals surface area contributed by atoms with Crippen LogP contribution in [0.4, 0.5) is 0 Å². The first kappa shape index (κ1) is 14.7. The van der Waals surface area contributed by atoms with Gasteiger partial charge in [-0.15, -0.1) is 0 Å². The van der Waals surface area contributed by atoms with Crippen LogP contribution in [0.1, 0.15) is 12.6 Å². The molecule has 0 saturated carbocycles. The van der Waals surface area contributed by atoms with Gasteiger partial charge in [-0.1, -0.05) is 0 Å². The van der Waals surface area contributed by atoms with Crippen molar-refractivity contribution in [3.8, 4) is 12.1 Å². The molecule has 0 aromatic heterocycles. The smallest absolute Gasteiger partial charge is 1.00 e. The van der Waals surface area contributed by atoms with E-state index in [0.717, 1.165) is 12.1 Å². The number of hydrogen-bond acceptors (Lipinski definition) is 4. The van der Waals surface area contributed by atoms with Crippen molar-refractivity contribution in [2.75, 3.05) is 0 Å². The Morgan fingerprint density at radius 2 is 1.73 bits per heavy atom. The molecule has 1 aromatic carbocycles. The molecule has 0 fully saturated rings. The number of nitrogens with zero attached hydrogens (tertiary/aromatic N) is 2. The third-order valence-corrected chi connectivity index (χ3v) is 2.38. The summed E-state index contributed by atoms with van der Waals surface area (Å²) in [4.78, 5) is -0.395.